The summed E-state index contributed by atoms with van der Waals surface area (Å²) in [6, 6.07) is 3.42. The molecule has 0 bridgehead atoms. The summed E-state index contributed by atoms with van der Waals surface area (Å²) >= 11 is 0. The number of hydrogen-bond acceptors (Lipinski definition) is 5. The Morgan fingerprint density at radius 1 is 1.38 bits per heavy atom. The molecular formula is C7H5N5O. The highest BCUT2D eigenvalue weighted by atomic mass is 16.1. The lowest BCUT2D eigenvalue weighted by atomic mass is 10.2. The third-order valence-electron chi connectivity index (χ3n) is 1.50. The molecule has 0 aromatic carbocycles. The van der Waals surface area contributed by atoms with Gasteiger partial charge in [-0.05, 0) is 12.1 Å². The van der Waals surface area contributed by atoms with Crippen LogP contribution in [-0.2, 0) is 0 Å². The summed E-state index contributed by atoms with van der Waals surface area (Å²) in [5.74, 6) is 0. The van der Waals surface area contributed by atoms with Gasteiger partial charge in [0.15, 0.2) is 12.0 Å². The zero-order chi connectivity index (χ0) is 9.10. The van der Waals surface area contributed by atoms with Gasteiger partial charge in [0.1, 0.15) is 11.4 Å². The van der Waals surface area contributed by atoms with E-state index in [1.165, 1.54) is 0 Å². The van der Waals surface area contributed by atoms with Crippen molar-refractivity contribution >= 4 is 6.29 Å². The van der Waals surface area contributed by atoms with E-state index < -0.39 is 0 Å². The van der Waals surface area contributed by atoms with Gasteiger partial charge in [-0.1, -0.05) is 0 Å². The van der Waals surface area contributed by atoms with E-state index >= 15 is 0 Å². The Morgan fingerprint density at radius 3 is 3.00 bits per heavy atom. The number of carbonyl (C=O) groups excluding carboxylic acids is 1. The molecule has 0 radical (unpaired) electrons. The quantitative estimate of drug-likeness (QED) is 0.653. The monoisotopic (exact) mass is 175 g/mol. The maximum Gasteiger partial charge on any atom is 0.172 e. The predicted molar refractivity (Wildman–Crippen MR) is 42.8 cm³/mol. The van der Waals surface area contributed by atoms with Gasteiger partial charge in [-0.15, -0.1) is 5.10 Å². The number of carbonyl (C=O) groups is 1. The molecule has 0 aliphatic heterocycles. The Balaban J connectivity index is 2.52. The van der Waals surface area contributed by atoms with E-state index in [9.17, 15) is 4.79 Å². The molecule has 1 N–H and O–H groups in total. The van der Waals surface area contributed by atoms with Crippen LogP contribution < -0.4 is 0 Å². The second-order valence-corrected chi connectivity index (χ2v) is 2.28. The zero-order valence-corrected chi connectivity index (χ0v) is 6.51. The molecule has 0 unspecified atom stereocenters. The molecule has 2 aromatic rings. The molecule has 0 amide bonds. The molecule has 2 rings (SSSR count). The van der Waals surface area contributed by atoms with Crippen LogP contribution in [-0.4, -0.2) is 31.9 Å². The Labute approximate surface area is 73.0 Å². The minimum atomic E-state index is 0.237. The van der Waals surface area contributed by atoms with Crippen molar-refractivity contribution in [3.63, 3.8) is 0 Å². The zero-order valence-electron chi connectivity index (χ0n) is 6.51. The molecule has 0 fully saturated rings. The van der Waals surface area contributed by atoms with Gasteiger partial charge in [-0.3, -0.25) is 4.79 Å². The fourth-order valence-electron chi connectivity index (χ4n) is 0.938. The maximum atomic E-state index is 10.5. The van der Waals surface area contributed by atoms with Crippen molar-refractivity contribution in [3.8, 4) is 11.4 Å². The third-order valence-corrected chi connectivity index (χ3v) is 1.50. The van der Waals surface area contributed by atoms with Gasteiger partial charge in [0.25, 0.3) is 0 Å². The van der Waals surface area contributed by atoms with Crippen LogP contribution in [0.1, 0.15) is 10.5 Å². The van der Waals surface area contributed by atoms with Crippen LogP contribution >= 0.6 is 0 Å². The molecule has 0 aliphatic rings. The van der Waals surface area contributed by atoms with E-state index in [-0.39, 0.29) is 5.69 Å². The number of H-pyrrole nitrogens is 1. The summed E-state index contributed by atoms with van der Waals surface area (Å²) in [5, 5.41) is 17.2. The summed E-state index contributed by atoms with van der Waals surface area (Å²) < 4.78 is 0. The molecule has 2 heterocycles. The highest BCUT2D eigenvalue weighted by Crippen LogP contribution is 2.13. The highest BCUT2D eigenvalue weighted by Gasteiger charge is 2.09. The summed E-state index contributed by atoms with van der Waals surface area (Å²) in [6.45, 7) is 0. The van der Waals surface area contributed by atoms with Crippen molar-refractivity contribution < 1.29 is 4.79 Å². The van der Waals surface area contributed by atoms with Crippen molar-refractivity contribution in [2.45, 2.75) is 0 Å². The molecule has 6 nitrogen and oxygen atoms in total. The lowest BCUT2D eigenvalue weighted by Gasteiger charge is -1.91. The van der Waals surface area contributed by atoms with Crippen LogP contribution in [0.5, 0.6) is 0 Å². The fourth-order valence-corrected chi connectivity index (χ4v) is 0.938. The minimum absolute atomic E-state index is 0.237. The molecule has 0 aliphatic carbocycles. The smallest absolute Gasteiger partial charge is 0.172 e. The highest BCUT2D eigenvalue weighted by molar-refractivity contribution is 5.81. The van der Waals surface area contributed by atoms with E-state index in [2.05, 4.69) is 25.6 Å². The molecule has 6 heteroatoms. The van der Waals surface area contributed by atoms with Crippen molar-refractivity contribution in [3.05, 3.63) is 24.0 Å². The van der Waals surface area contributed by atoms with E-state index in [0.29, 0.717) is 17.7 Å². The fraction of sp³-hybridized carbons (Fsp3) is 0. The standard InChI is InChI=1S/C7H5N5O/c13-4-6-7(11-12-10-6)5-2-1-3-8-9-5/h1-4H,(H,10,11,12). The maximum absolute atomic E-state index is 10.5. The van der Waals surface area contributed by atoms with Gasteiger partial charge in [0.05, 0.1) is 0 Å². The normalized spacial score (nSPS) is 9.85. The summed E-state index contributed by atoms with van der Waals surface area (Å²) in [6.07, 6.45) is 2.16. The number of aldehydes is 1. The van der Waals surface area contributed by atoms with Crippen molar-refractivity contribution in [1.29, 1.82) is 0 Å². The van der Waals surface area contributed by atoms with Gasteiger partial charge in [-0.2, -0.15) is 20.5 Å². The van der Waals surface area contributed by atoms with Crippen LogP contribution in [0.25, 0.3) is 11.4 Å². The molecular weight excluding hydrogens is 170 g/mol. The number of rotatable bonds is 2. The number of nitrogens with one attached hydrogen (secondary N) is 1. The number of nitrogens with zero attached hydrogens (tertiary/aromatic N) is 4. The van der Waals surface area contributed by atoms with Crippen LogP contribution in [0.2, 0.25) is 0 Å². The summed E-state index contributed by atoms with van der Waals surface area (Å²) in [5.41, 5.74) is 1.18. The average Bonchev–Trinajstić information content (AvgIpc) is 2.67. The van der Waals surface area contributed by atoms with Gasteiger partial charge in [0, 0.05) is 6.20 Å². The molecule has 0 saturated carbocycles. The summed E-state index contributed by atoms with van der Waals surface area (Å²) in [7, 11) is 0. The van der Waals surface area contributed by atoms with Gasteiger partial charge >= 0.3 is 0 Å². The topological polar surface area (TPSA) is 84.4 Å². The number of aromatic nitrogens is 5. The first kappa shape index (κ1) is 7.53. The van der Waals surface area contributed by atoms with E-state index in [1.807, 2.05) is 0 Å². The predicted octanol–water partition coefficient (Wildman–Crippen LogP) is 0.0742. The van der Waals surface area contributed by atoms with Crippen molar-refractivity contribution in [2.24, 2.45) is 0 Å². The lowest BCUT2D eigenvalue weighted by Crippen LogP contribution is -1.90. The average molecular weight is 175 g/mol. The van der Waals surface area contributed by atoms with E-state index in [1.54, 1.807) is 18.3 Å². The molecule has 0 spiro atoms. The van der Waals surface area contributed by atoms with Crippen LogP contribution in [0.3, 0.4) is 0 Å². The Bertz CT molecular complexity index is 410. The first-order valence-electron chi connectivity index (χ1n) is 3.56. The van der Waals surface area contributed by atoms with Crippen LogP contribution in [0.15, 0.2) is 18.3 Å². The second kappa shape index (κ2) is 3.10. The minimum Gasteiger partial charge on any atom is -0.296 e. The van der Waals surface area contributed by atoms with Crippen LogP contribution in [0, 0.1) is 0 Å². The van der Waals surface area contributed by atoms with Crippen LogP contribution in [0.4, 0.5) is 0 Å². The Kier molecular flexibility index (Phi) is 1.79. The SMILES string of the molecule is O=Cc1n[nH]nc1-c1cccnn1. The van der Waals surface area contributed by atoms with Crippen molar-refractivity contribution in [1.82, 2.24) is 25.6 Å². The molecule has 0 saturated heterocycles. The molecule has 2 aromatic heterocycles. The van der Waals surface area contributed by atoms with E-state index in [4.69, 9.17) is 0 Å². The van der Waals surface area contributed by atoms with E-state index in [0.717, 1.165) is 0 Å². The summed E-state index contributed by atoms with van der Waals surface area (Å²) in [4.78, 5) is 10.5. The van der Waals surface area contributed by atoms with Gasteiger partial charge in [-0.25, -0.2) is 0 Å². The number of aromatic amines is 1. The molecule has 64 valence electrons. The van der Waals surface area contributed by atoms with Gasteiger partial charge in [0.2, 0.25) is 0 Å². The first-order valence-corrected chi connectivity index (χ1v) is 3.56. The third kappa shape index (κ3) is 1.28. The number of hydrogen-bond donors (Lipinski definition) is 1. The second-order valence-electron chi connectivity index (χ2n) is 2.28. The largest absolute Gasteiger partial charge is 0.296 e. The Morgan fingerprint density at radius 2 is 2.31 bits per heavy atom. The molecule has 13 heavy (non-hydrogen) atoms. The lowest BCUT2D eigenvalue weighted by molar-refractivity contribution is 0.111. The Hall–Kier alpha value is -2.11. The van der Waals surface area contributed by atoms with Gasteiger partial charge < -0.3 is 0 Å². The first-order chi connectivity index (χ1) is 6.42. The van der Waals surface area contributed by atoms with Crippen molar-refractivity contribution in [2.75, 3.05) is 0 Å². The molecule has 0 atom stereocenters.